The summed E-state index contributed by atoms with van der Waals surface area (Å²) in [6, 6.07) is 2.44. The maximum Gasteiger partial charge on any atom is 0.279 e. The molecule has 0 nitrogen and oxygen atoms in total. The molecule has 0 heterocycles. The van der Waals surface area contributed by atoms with Crippen LogP contribution in [0.2, 0.25) is 12.1 Å². The lowest BCUT2D eigenvalue weighted by atomic mass is 10.9. The minimum atomic E-state index is -2.18. The van der Waals surface area contributed by atoms with Crippen LogP contribution in [0, 0.1) is 0 Å². The van der Waals surface area contributed by atoms with E-state index in [1.807, 2.05) is 0 Å². The van der Waals surface area contributed by atoms with Crippen LogP contribution < -0.4 is 0 Å². The molecule has 0 amide bonds. The van der Waals surface area contributed by atoms with Gasteiger partial charge < -0.3 is 0 Å². The highest BCUT2D eigenvalue weighted by atomic mass is 35.7. The molecule has 8 heteroatoms. The third-order valence-corrected chi connectivity index (χ3v) is 16.8. The third kappa shape index (κ3) is 9.15. The van der Waals surface area contributed by atoms with Gasteiger partial charge in [-0.1, -0.05) is 25.9 Å². The van der Waals surface area contributed by atoms with Gasteiger partial charge in [-0.25, -0.2) is 0 Å². The van der Waals surface area contributed by atoms with Gasteiger partial charge in [-0.05, 0) is 0 Å². The van der Waals surface area contributed by atoms with Gasteiger partial charge >= 0.3 is 0 Å². The van der Waals surface area contributed by atoms with Crippen LogP contribution in [0.4, 0.5) is 0 Å². The topological polar surface area (TPSA) is 0 Å². The second kappa shape index (κ2) is 11.0. The van der Waals surface area contributed by atoms with Crippen LogP contribution in [0.1, 0.15) is 13.8 Å². The van der Waals surface area contributed by atoms with Crippen LogP contribution in [0.15, 0.2) is 0 Å². The molecule has 0 saturated carbocycles. The van der Waals surface area contributed by atoms with E-state index >= 15 is 0 Å². The van der Waals surface area contributed by atoms with Gasteiger partial charge in [0.05, 0.1) is 8.07 Å². The Kier molecular flexibility index (Phi) is 14.1. The van der Waals surface area contributed by atoms with E-state index in [-0.39, 0.29) is 0 Å². The normalized spacial score (nSPS) is 12.0. The summed E-state index contributed by atoms with van der Waals surface area (Å²) in [7, 11) is -1.16. The third-order valence-electron chi connectivity index (χ3n) is 2.46. The highest BCUT2D eigenvalue weighted by Gasteiger charge is 2.26. The molecule has 0 aromatic heterocycles. The first kappa shape index (κ1) is 20.5. The summed E-state index contributed by atoms with van der Waals surface area (Å²) < 4.78 is 0. The Bertz CT molecular complexity index is 139. The van der Waals surface area contributed by atoms with Gasteiger partial charge in [-0.2, -0.15) is 0 Å². The van der Waals surface area contributed by atoms with Crippen molar-refractivity contribution in [1.29, 1.82) is 0 Å². The summed E-state index contributed by atoms with van der Waals surface area (Å²) in [4.78, 5) is 0. The standard InChI is InChI=1S/C6H14Cl2Si.C2H4Cl4Si/c1-3-9(4-2,5-7)6-8;3-1-7(5,6)2-4/h3-6H2,1-2H3;1-2H2. The van der Waals surface area contributed by atoms with Gasteiger partial charge in [-0.3, -0.25) is 0 Å². The minimum Gasteiger partial charge on any atom is -0.143 e. The van der Waals surface area contributed by atoms with Crippen molar-refractivity contribution in [2.24, 2.45) is 0 Å². The van der Waals surface area contributed by atoms with Crippen LogP contribution in [-0.2, 0) is 0 Å². The molecule has 16 heavy (non-hydrogen) atoms. The van der Waals surface area contributed by atoms with E-state index in [1.165, 1.54) is 12.1 Å². The van der Waals surface area contributed by atoms with Crippen LogP contribution in [0.5, 0.6) is 0 Å². The lowest BCUT2D eigenvalue weighted by Crippen LogP contribution is -2.37. The molecule has 0 unspecified atom stereocenters. The minimum absolute atomic E-state index is 0.305. The molecule has 100 valence electrons. The van der Waals surface area contributed by atoms with E-state index in [9.17, 15) is 0 Å². The second-order valence-corrected chi connectivity index (χ2v) is 18.9. The fourth-order valence-corrected chi connectivity index (χ4v) is 6.08. The first-order valence-corrected chi connectivity index (χ1v) is 14.4. The first-order valence-electron chi connectivity index (χ1n) is 4.98. The van der Waals surface area contributed by atoms with Crippen molar-refractivity contribution in [2.45, 2.75) is 25.9 Å². The van der Waals surface area contributed by atoms with Gasteiger partial charge in [0.15, 0.2) is 0 Å². The zero-order valence-electron chi connectivity index (χ0n) is 9.51. The zero-order chi connectivity index (χ0) is 13.2. The molecular formula is C8H18Cl6Si2. The van der Waals surface area contributed by atoms with Crippen LogP contribution >= 0.6 is 68.6 Å². The summed E-state index contributed by atoms with van der Waals surface area (Å²) in [6.07, 6.45) is 0. The van der Waals surface area contributed by atoms with Crippen LogP contribution in [-0.4, -0.2) is 36.8 Å². The van der Waals surface area contributed by atoms with Crippen molar-refractivity contribution in [1.82, 2.24) is 0 Å². The highest BCUT2D eigenvalue weighted by molar-refractivity contribution is 7.48. The number of hydrogen-bond acceptors (Lipinski definition) is 0. The van der Waals surface area contributed by atoms with Gasteiger partial charge in [0, 0.05) is 22.0 Å². The summed E-state index contributed by atoms with van der Waals surface area (Å²) in [6.45, 7) is 2.21. The van der Waals surface area contributed by atoms with Crippen molar-refractivity contribution in [2.75, 3.05) is 22.0 Å². The number of rotatable bonds is 6. The molecule has 0 atom stereocenters. The average molecular weight is 383 g/mol. The maximum atomic E-state index is 5.80. The fourth-order valence-electron chi connectivity index (χ4n) is 0.699. The molecule has 0 spiro atoms. The molecule has 0 N–H and O–H groups in total. The smallest absolute Gasteiger partial charge is 0.143 e. The van der Waals surface area contributed by atoms with E-state index in [1.54, 1.807) is 0 Å². The molecule has 0 aromatic rings. The fraction of sp³-hybridized carbons (Fsp3) is 1.00. The molecule has 0 rings (SSSR count). The SMILES string of the molecule is CC[Si](CC)(CCl)CCl.ClC[Si](Cl)(Cl)CCl. The molecule has 0 saturated heterocycles. The van der Waals surface area contributed by atoms with E-state index < -0.39 is 14.8 Å². The average Bonchev–Trinajstić information content (AvgIpc) is 2.34. The van der Waals surface area contributed by atoms with Crippen molar-refractivity contribution < 1.29 is 0 Å². The van der Waals surface area contributed by atoms with Crippen molar-refractivity contribution in [3.05, 3.63) is 0 Å². The Hall–Kier alpha value is 2.17. The molecule has 0 bridgehead atoms. The van der Waals surface area contributed by atoms with Crippen LogP contribution in [0.3, 0.4) is 0 Å². The van der Waals surface area contributed by atoms with Gasteiger partial charge in [0.25, 0.3) is 6.69 Å². The van der Waals surface area contributed by atoms with Gasteiger partial charge in [0.1, 0.15) is 0 Å². The molecule has 0 aliphatic carbocycles. The Morgan fingerprint density at radius 3 is 1.00 bits per heavy atom. The predicted octanol–water partition coefficient (Wildman–Crippen LogP) is 5.49. The first-order chi connectivity index (χ1) is 7.36. The summed E-state index contributed by atoms with van der Waals surface area (Å²) in [5.41, 5.74) is 2.26. The largest absolute Gasteiger partial charge is 0.279 e. The van der Waals surface area contributed by atoms with E-state index in [0.29, 0.717) is 11.0 Å². The van der Waals surface area contributed by atoms with Gasteiger partial charge in [0.2, 0.25) is 0 Å². The quantitative estimate of drug-likeness (QED) is 0.323. The molecule has 0 aliphatic rings. The maximum absolute atomic E-state index is 5.80. The molecule has 0 aromatic carbocycles. The monoisotopic (exact) mass is 380 g/mol. The Balaban J connectivity index is 0. The van der Waals surface area contributed by atoms with E-state index in [4.69, 9.17) is 68.6 Å². The van der Waals surface area contributed by atoms with Crippen molar-refractivity contribution in [3.8, 4) is 0 Å². The molecular weight excluding hydrogens is 365 g/mol. The predicted molar refractivity (Wildman–Crippen MR) is 87.1 cm³/mol. The van der Waals surface area contributed by atoms with Crippen molar-refractivity contribution >= 4 is 83.3 Å². The second-order valence-electron chi connectivity index (χ2n) is 3.60. The van der Waals surface area contributed by atoms with Crippen molar-refractivity contribution in [3.63, 3.8) is 0 Å². The van der Waals surface area contributed by atoms with E-state index in [0.717, 1.165) is 11.0 Å². The van der Waals surface area contributed by atoms with E-state index in [2.05, 4.69) is 13.8 Å². The molecule has 0 fully saturated rings. The number of halogens is 6. The van der Waals surface area contributed by atoms with Gasteiger partial charge in [-0.15, -0.1) is 68.6 Å². The Morgan fingerprint density at radius 1 is 0.688 bits per heavy atom. The lowest BCUT2D eigenvalue weighted by molar-refractivity contribution is 1.24. The number of hydrogen-bond donors (Lipinski definition) is 0. The summed E-state index contributed by atoms with van der Waals surface area (Å²) in [5, 5.41) is 0. The van der Waals surface area contributed by atoms with Crippen LogP contribution in [0.25, 0.3) is 0 Å². The summed E-state index contributed by atoms with van der Waals surface area (Å²) >= 11 is 33.3. The number of alkyl halides is 4. The molecule has 0 radical (unpaired) electrons. The Labute approximate surface area is 130 Å². The highest BCUT2D eigenvalue weighted by Crippen LogP contribution is 2.18. The Morgan fingerprint density at radius 2 is 1.00 bits per heavy atom. The lowest BCUT2D eigenvalue weighted by Gasteiger charge is -2.22. The zero-order valence-corrected chi connectivity index (χ0v) is 16.0. The molecule has 0 aliphatic heterocycles. The summed E-state index contributed by atoms with van der Waals surface area (Å²) in [5.74, 6) is 0.